The predicted molar refractivity (Wildman–Crippen MR) is 89.7 cm³/mol. The van der Waals surface area contributed by atoms with Gasteiger partial charge in [-0.2, -0.15) is 0 Å². The van der Waals surface area contributed by atoms with Gasteiger partial charge in [0, 0.05) is 25.2 Å². The zero-order valence-corrected chi connectivity index (χ0v) is 13.9. The molecule has 4 nitrogen and oxygen atoms in total. The topological polar surface area (TPSA) is 41.6 Å². The van der Waals surface area contributed by atoms with Crippen LogP contribution in [0, 0.1) is 0 Å². The molecule has 2 unspecified atom stereocenters. The molecule has 0 spiro atoms. The van der Waals surface area contributed by atoms with Crippen molar-refractivity contribution in [3.8, 4) is 5.75 Å². The lowest BCUT2D eigenvalue weighted by atomic mass is 10.1. The van der Waals surface area contributed by atoms with Gasteiger partial charge in [0.05, 0.1) is 0 Å². The van der Waals surface area contributed by atoms with Crippen molar-refractivity contribution < 1.29 is 9.53 Å². The predicted octanol–water partition coefficient (Wildman–Crippen LogP) is 2.40. The highest BCUT2D eigenvalue weighted by Crippen LogP contribution is 2.21. The zero-order valence-electron chi connectivity index (χ0n) is 13.1. The maximum absolute atomic E-state index is 12.4. The Balaban J connectivity index is 0.00000176. The summed E-state index contributed by atoms with van der Waals surface area (Å²) < 4.78 is 5.75. The molecule has 2 heterocycles. The highest BCUT2D eigenvalue weighted by Gasteiger charge is 2.31. The van der Waals surface area contributed by atoms with Crippen LogP contribution < -0.4 is 10.1 Å². The van der Waals surface area contributed by atoms with Crippen molar-refractivity contribution >= 4 is 18.3 Å². The van der Waals surface area contributed by atoms with Crippen molar-refractivity contribution in [2.24, 2.45) is 0 Å². The van der Waals surface area contributed by atoms with Crippen LogP contribution in [0.4, 0.5) is 0 Å². The number of hydrogen-bond acceptors (Lipinski definition) is 3. The van der Waals surface area contributed by atoms with Crippen LogP contribution in [0.2, 0.25) is 0 Å². The van der Waals surface area contributed by atoms with Crippen LogP contribution in [0.5, 0.6) is 5.75 Å². The van der Waals surface area contributed by atoms with E-state index in [9.17, 15) is 4.79 Å². The molecule has 1 N–H and O–H groups in total. The first-order valence-electron chi connectivity index (χ1n) is 8.00. The Labute approximate surface area is 138 Å². The molecule has 0 saturated carbocycles. The van der Waals surface area contributed by atoms with E-state index in [0.717, 1.165) is 37.2 Å². The van der Waals surface area contributed by atoms with Crippen LogP contribution in [-0.2, 0) is 11.2 Å². The number of ether oxygens (including phenoxy) is 1. The molecule has 2 fully saturated rings. The number of carbonyl (C=O) groups excluding carboxylic acids is 1. The number of carbonyl (C=O) groups is 1. The van der Waals surface area contributed by atoms with E-state index >= 15 is 0 Å². The van der Waals surface area contributed by atoms with Gasteiger partial charge < -0.3 is 15.0 Å². The van der Waals surface area contributed by atoms with Gasteiger partial charge in [-0.15, -0.1) is 12.4 Å². The van der Waals surface area contributed by atoms with Gasteiger partial charge >= 0.3 is 0 Å². The first kappa shape index (κ1) is 17.1. The first-order valence-corrected chi connectivity index (χ1v) is 8.00. The molecule has 2 aliphatic rings. The van der Waals surface area contributed by atoms with E-state index in [2.05, 4.69) is 18.3 Å². The van der Waals surface area contributed by atoms with E-state index in [1.165, 1.54) is 12.8 Å². The number of aryl methyl sites for hydroxylation is 1. The van der Waals surface area contributed by atoms with Gasteiger partial charge in [0.25, 0.3) is 5.91 Å². The van der Waals surface area contributed by atoms with Crippen molar-refractivity contribution in [1.29, 1.82) is 0 Å². The Hall–Kier alpha value is -1.26. The third-order valence-electron chi connectivity index (χ3n) is 4.58. The van der Waals surface area contributed by atoms with Crippen molar-refractivity contribution in [2.75, 3.05) is 19.7 Å². The molecule has 2 bridgehead atoms. The molecule has 1 aromatic rings. The summed E-state index contributed by atoms with van der Waals surface area (Å²) in [5, 5.41) is 3.59. The Morgan fingerprint density at radius 2 is 2.05 bits per heavy atom. The summed E-state index contributed by atoms with van der Waals surface area (Å²) in [5.41, 5.74) is 1.15. The SMILES string of the molecule is CCc1ccccc1OCC(=O)N1CCC2CCC(C1)N2.Cl. The van der Waals surface area contributed by atoms with Crippen molar-refractivity contribution in [1.82, 2.24) is 10.2 Å². The van der Waals surface area contributed by atoms with Crippen LogP contribution in [0.1, 0.15) is 31.7 Å². The van der Waals surface area contributed by atoms with E-state index in [1.807, 2.05) is 23.1 Å². The number of benzene rings is 1. The second-order valence-corrected chi connectivity index (χ2v) is 6.02. The van der Waals surface area contributed by atoms with Crippen LogP contribution in [0.25, 0.3) is 0 Å². The van der Waals surface area contributed by atoms with E-state index < -0.39 is 0 Å². The average molecular weight is 325 g/mol. The van der Waals surface area contributed by atoms with Crippen LogP contribution in [-0.4, -0.2) is 42.6 Å². The lowest BCUT2D eigenvalue weighted by molar-refractivity contribution is -0.133. The number of amides is 1. The molecular weight excluding hydrogens is 300 g/mol. The summed E-state index contributed by atoms with van der Waals surface area (Å²) >= 11 is 0. The van der Waals surface area contributed by atoms with Gasteiger partial charge in [-0.3, -0.25) is 4.79 Å². The number of fused-ring (bicyclic) bond motifs is 2. The van der Waals surface area contributed by atoms with E-state index in [-0.39, 0.29) is 24.9 Å². The van der Waals surface area contributed by atoms with Gasteiger partial charge in [-0.25, -0.2) is 0 Å². The third-order valence-corrected chi connectivity index (χ3v) is 4.58. The number of para-hydroxylation sites is 1. The Bertz CT molecular complexity index is 509. The van der Waals surface area contributed by atoms with Crippen LogP contribution in [0.15, 0.2) is 24.3 Å². The van der Waals surface area contributed by atoms with Gasteiger partial charge in [-0.05, 0) is 37.3 Å². The van der Waals surface area contributed by atoms with Gasteiger partial charge in [0.1, 0.15) is 5.75 Å². The van der Waals surface area contributed by atoms with Crippen molar-refractivity contribution in [3.63, 3.8) is 0 Å². The minimum Gasteiger partial charge on any atom is -0.483 e. The molecule has 0 radical (unpaired) electrons. The molecule has 5 heteroatoms. The van der Waals surface area contributed by atoms with E-state index in [0.29, 0.717) is 12.1 Å². The van der Waals surface area contributed by atoms with Crippen molar-refractivity contribution in [2.45, 2.75) is 44.7 Å². The minimum absolute atomic E-state index is 0. The fourth-order valence-corrected chi connectivity index (χ4v) is 3.34. The molecule has 22 heavy (non-hydrogen) atoms. The monoisotopic (exact) mass is 324 g/mol. The molecule has 1 aromatic carbocycles. The fourth-order valence-electron chi connectivity index (χ4n) is 3.34. The van der Waals surface area contributed by atoms with Crippen molar-refractivity contribution in [3.05, 3.63) is 29.8 Å². The molecule has 2 aliphatic heterocycles. The zero-order chi connectivity index (χ0) is 14.7. The van der Waals surface area contributed by atoms with E-state index in [4.69, 9.17) is 4.74 Å². The Kier molecular flexibility index (Phi) is 6.09. The quantitative estimate of drug-likeness (QED) is 0.924. The van der Waals surface area contributed by atoms with Crippen LogP contribution >= 0.6 is 12.4 Å². The normalized spacial score (nSPS) is 23.6. The molecule has 2 saturated heterocycles. The number of nitrogens with one attached hydrogen (secondary N) is 1. The van der Waals surface area contributed by atoms with E-state index in [1.54, 1.807) is 0 Å². The molecule has 122 valence electrons. The van der Waals surface area contributed by atoms with Gasteiger partial charge in [0.2, 0.25) is 0 Å². The fraction of sp³-hybridized carbons (Fsp3) is 0.588. The second-order valence-electron chi connectivity index (χ2n) is 6.02. The lowest BCUT2D eigenvalue weighted by Gasteiger charge is -2.24. The average Bonchev–Trinajstić information content (AvgIpc) is 2.84. The molecule has 3 rings (SSSR count). The second kappa shape index (κ2) is 7.84. The minimum atomic E-state index is 0. The summed E-state index contributed by atoms with van der Waals surface area (Å²) in [6.07, 6.45) is 4.43. The highest BCUT2D eigenvalue weighted by molar-refractivity contribution is 5.85. The Morgan fingerprint density at radius 3 is 2.86 bits per heavy atom. The standard InChI is InChI=1S/C17H24N2O2.ClH/c1-2-13-5-3-4-6-16(13)21-12-17(20)19-10-9-14-7-8-15(11-19)18-14;/h3-6,14-15,18H,2,7-12H2,1H3;1H. The lowest BCUT2D eigenvalue weighted by Crippen LogP contribution is -2.41. The molecular formula is C17H25ClN2O2. The maximum Gasteiger partial charge on any atom is 0.260 e. The summed E-state index contributed by atoms with van der Waals surface area (Å²) in [6, 6.07) is 9.03. The summed E-state index contributed by atoms with van der Waals surface area (Å²) in [7, 11) is 0. The number of hydrogen-bond donors (Lipinski definition) is 1. The van der Waals surface area contributed by atoms with Gasteiger partial charge in [0.15, 0.2) is 6.61 Å². The largest absolute Gasteiger partial charge is 0.483 e. The molecule has 0 aromatic heterocycles. The maximum atomic E-state index is 12.4. The summed E-state index contributed by atoms with van der Waals surface area (Å²) in [5.74, 6) is 0.943. The number of likely N-dealkylation sites (tertiary alicyclic amines) is 1. The summed E-state index contributed by atoms with van der Waals surface area (Å²) in [4.78, 5) is 14.3. The highest BCUT2D eigenvalue weighted by atomic mass is 35.5. The van der Waals surface area contributed by atoms with Crippen LogP contribution in [0.3, 0.4) is 0 Å². The molecule has 0 aliphatic carbocycles. The Morgan fingerprint density at radius 1 is 1.27 bits per heavy atom. The third kappa shape index (κ3) is 3.93. The first-order chi connectivity index (χ1) is 10.3. The van der Waals surface area contributed by atoms with Gasteiger partial charge in [-0.1, -0.05) is 25.1 Å². The summed E-state index contributed by atoms with van der Waals surface area (Å²) in [6.45, 7) is 3.93. The number of rotatable bonds is 4. The molecule has 2 atom stereocenters. The smallest absolute Gasteiger partial charge is 0.260 e. The molecule has 1 amide bonds. The number of halogens is 1. The number of nitrogens with zero attached hydrogens (tertiary/aromatic N) is 1.